The molecule has 3 rings (SSSR count). The first-order valence-corrected chi connectivity index (χ1v) is 5.26. The number of rotatable bonds is 1. The maximum atomic E-state index is 4.18. The molecule has 72 valence electrons. The summed E-state index contributed by atoms with van der Waals surface area (Å²) in [5.74, 6) is 1.57. The average Bonchev–Trinajstić information content (AvgIpc) is 2.79. The number of allylic oxidation sites excluding steroid dienone is 1. The van der Waals surface area contributed by atoms with Crippen molar-refractivity contribution in [2.24, 2.45) is 11.8 Å². The highest BCUT2D eigenvalue weighted by molar-refractivity contribution is 5.69. The lowest BCUT2D eigenvalue weighted by Gasteiger charge is -2.12. The van der Waals surface area contributed by atoms with Crippen molar-refractivity contribution in [3.05, 3.63) is 36.2 Å². The Hall–Kier alpha value is -1.15. The van der Waals surface area contributed by atoms with Gasteiger partial charge in [-0.2, -0.15) is 0 Å². The number of nitrogens with one attached hydrogen (secondary N) is 1. The average molecular weight is 186 g/mol. The highest BCUT2D eigenvalue weighted by atomic mass is 14.9. The Bertz CT molecular complexity index is 356. The van der Waals surface area contributed by atoms with Crippen molar-refractivity contribution in [3.8, 4) is 0 Å². The van der Waals surface area contributed by atoms with Crippen LogP contribution >= 0.6 is 0 Å². The lowest BCUT2D eigenvalue weighted by Crippen LogP contribution is -2.09. The Balaban J connectivity index is 1.93. The zero-order valence-electron chi connectivity index (χ0n) is 8.11. The van der Waals surface area contributed by atoms with Crippen LogP contribution in [0, 0.1) is 11.8 Å². The molecule has 0 saturated carbocycles. The Morgan fingerprint density at radius 1 is 1.36 bits per heavy atom. The van der Waals surface area contributed by atoms with Crippen LogP contribution in [0.15, 0.2) is 30.6 Å². The fourth-order valence-electron chi connectivity index (χ4n) is 2.64. The number of hydrogen-bond acceptors (Lipinski definition) is 2. The summed E-state index contributed by atoms with van der Waals surface area (Å²) >= 11 is 0. The lowest BCUT2D eigenvalue weighted by atomic mass is 9.91. The summed E-state index contributed by atoms with van der Waals surface area (Å²) in [5, 5.41) is 3.46. The van der Waals surface area contributed by atoms with Crippen LogP contribution in [0.4, 0.5) is 0 Å². The third-order valence-corrected chi connectivity index (χ3v) is 3.37. The van der Waals surface area contributed by atoms with E-state index in [4.69, 9.17) is 0 Å². The molecule has 14 heavy (non-hydrogen) atoms. The van der Waals surface area contributed by atoms with Gasteiger partial charge in [0.2, 0.25) is 0 Å². The van der Waals surface area contributed by atoms with Gasteiger partial charge in [-0.25, -0.2) is 0 Å². The molecule has 1 aliphatic heterocycles. The van der Waals surface area contributed by atoms with Gasteiger partial charge < -0.3 is 5.32 Å². The molecule has 0 radical (unpaired) electrons. The minimum atomic E-state index is 0.735. The first-order valence-electron chi connectivity index (χ1n) is 5.26. The van der Waals surface area contributed by atoms with Gasteiger partial charge in [-0.05, 0) is 36.1 Å². The molecule has 2 heteroatoms. The van der Waals surface area contributed by atoms with E-state index < -0.39 is 0 Å². The maximum absolute atomic E-state index is 4.18. The smallest absolute Gasteiger partial charge is 0.0343 e. The van der Waals surface area contributed by atoms with Gasteiger partial charge in [-0.3, -0.25) is 4.98 Å². The van der Waals surface area contributed by atoms with Crippen LogP contribution in [0.25, 0.3) is 5.57 Å². The van der Waals surface area contributed by atoms with Gasteiger partial charge in [0.15, 0.2) is 0 Å². The minimum absolute atomic E-state index is 0.735. The highest BCUT2D eigenvalue weighted by Crippen LogP contribution is 2.39. The topological polar surface area (TPSA) is 24.9 Å². The van der Waals surface area contributed by atoms with Crippen LogP contribution < -0.4 is 5.32 Å². The van der Waals surface area contributed by atoms with E-state index in [9.17, 15) is 0 Å². The van der Waals surface area contributed by atoms with Crippen LogP contribution in [-0.4, -0.2) is 18.1 Å². The van der Waals surface area contributed by atoms with Crippen molar-refractivity contribution < 1.29 is 0 Å². The minimum Gasteiger partial charge on any atom is -0.316 e. The van der Waals surface area contributed by atoms with E-state index in [1.807, 2.05) is 18.5 Å². The van der Waals surface area contributed by atoms with Gasteiger partial charge in [-0.15, -0.1) is 0 Å². The molecule has 0 spiro atoms. The quantitative estimate of drug-likeness (QED) is 0.722. The first kappa shape index (κ1) is 8.18. The van der Waals surface area contributed by atoms with Crippen molar-refractivity contribution >= 4 is 5.57 Å². The summed E-state index contributed by atoms with van der Waals surface area (Å²) in [5.41, 5.74) is 2.82. The van der Waals surface area contributed by atoms with Crippen LogP contribution in [0.5, 0.6) is 0 Å². The predicted octanol–water partition coefficient (Wildman–Crippen LogP) is 1.70. The molecular formula is C12H14N2. The molecule has 1 aliphatic carbocycles. The van der Waals surface area contributed by atoms with Gasteiger partial charge in [0, 0.05) is 24.9 Å². The highest BCUT2D eigenvalue weighted by Gasteiger charge is 2.33. The van der Waals surface area contributed by atoms with Crippen molar-refractivity contribution in [1.29, 1.82) is 0 Å². The number of nitrogens with zero attached hydrogens (tertiary/aromatic N) is 1. The molecule has 0 unspecified atom stereocenters. The SMILES string of the molecule is C1=C(c2cccnc2)[C@@H]2CNC[C@@H]2C1. The summed E-state index contributed by atoms with van der Waals surface area (Å²) in [4.78, 5) is 4.18. The number of fused-ring (bicyclic) bond motifs is 1. The van der Waals surface area contributed by atoms with Gasteiger partial charge in [0.25, 0.3) is 0 Å². The van der Waals surface area contributed by atoms with E-state index in [0.29, 0.717) is 0 Å². The van der Waals surface area contributed by atoms with Crippen LogP contribution in [0.3, 0.4) is 0 Å². The number of hydrogen-bond donors (Lipinski definition) is 1. The summed E-state index contributed by atoms with van der Waals surface area (Å²) in [6.07, 6.45) is 7.45. The summed E-state index contributed by atoms with van der Waals surface area (Å²) in [7, 11) is 0. The van der Waals surface area contributed by atoms with Crippen molar-refractivity contribution in [2.45, 2.75) is 6.42 Å². The van der Waals surface area contributed by atoms with Crippen LogP contribution in [0.1, 0.15) is 12.0 Å². The normalized spacial score (nSPS) is 30.1. The maximum Gasteiger partial charge on any atom is 0.0343 e. The van der Waals surface area contributed by atoms with E-state index in [2.05, 4.69) is 22.4 Å². The molecule has 1 N–H and O–H groups in total. The summed E-state index contributed by atoms with van der Waals surface area (Å²) in [6.45, 7) is 2.33. The Morgan fingerprint density at radius 2 is 2.36 bits per heavy atom. The fourth-order valence-corrected chi connectivity index (χ4v) is 2.64. The Kier molecular flexibility index (Phi) is 1.88. The third-order valence-electron chi connectivity index (χ3n) is 3.37. The van der Waals surface area contributed by atoms with Gasteiger partial charge >= 0.3 is 0 Å². The van der Waals surface area contributed by atoms with E-state index in [1.54, 1.807) is 0 Å². The Labute approximate surface area is 84.1 Å². The first-order chi connectivity index (χ1) is 6.95. The van der Waals surface area contributed by atoms with E-state index in [-0.39, 0.29) is 0 Å². The predicted molar refractivity (Wildman–Crippen MR) is 56.7 cm³/mol. The zero-order valence-corrected chi connectivity index (χ0v) is 8.11. The van der Waals surface area contributed by atoms with Gasteiger partial charge in [-0.1, -0.05) is 12.1 Å². The van der Waals surface area contributed by atoms with E-state index in [0.717, 1.165) is 18.4 Å². The molecule has 1 saturated heterocycles. The molecular weight excluding hydrogens is 172 g/mol. The monoisotopic (exact) mass is 186 g/mol. The van der Waals surface area contributed by atoms with E-state index in [1.165, 1.54) is 24.1 Å². The standard InChI is InChI=1S/C12H14N2/c1-2-9(6-13-5-1)11-4-3-10-7-14-8-12(10)11/h1-2,4-6,10,12,14H,3,7-8H2/t10-,12+/m0/s1. The summed E-state index contributed by atoms with van der Waals surface area (Å²) in [6, 6.07) is 4.19. The molecule has 1 fully saturated rings. The molecule has 2 aliphatic rings. The molecule has 0 amide bonds. The molecule has 1 aromatic rings. The Morgan fingerprint density at radius 3 is 3.21 bits per heavy atom. The molecule has 2 nitrogen and oxygen atoms in total. The van der Waals surface area contributed by atoms with Crippen molar-refractivity contribution in [3.63, 3.8) is 0 Å². The molecule has 0 aromatic carbocycles. The van der Waals surface area contributed by atoms with E-state index >= 15 is 0 Å². The van der Waals surface area contributed by atoms with Gasteiger partial charge in [0.05, 0.1) is 0 Å². The molecule has 1 aromatic heterocycles. The second kappa shape index (κ2) is 3.21. The number of pyridine rings is 1. The van der Waals surface area contributed by atoms with Crippen molar-refractivity contribution in [2.75, 3.05) is 13.1 Å². The number of aromatic nitrogens is 1. The fraction of sp³-hybridized carbons (Fsp3) is 0.417. The molecule has 0 bridgehead atoms. The molecule has 2 heterocycles. The van der Waals surface area contributed by atoms with Crippen LogP contribution in [0.2, 0.25) is 0 Å². The largest absolute Gasteiger partial charge is 0.316 e. The van der Waals surface area contributed by atoms with Crippen LogP contribution in [-0.2, 0) is 0 Å². The zero-order chi connectivity index (χ0) is 9.38. The van der Waals surface area contributed by atoms with Gasteiger partial charge in [0.1, 0.15) is 0 Å². The lowest BCUT2D eigenvalue weighted by molar-refractivity contribution is 0.542. The summed E-state index contributed by atoms with van der Waals surface area (Å²) < 4.78 is 0. The second-order valence-corrected chi connectivity index (χ2v) is 4.16. The second-order valence-electron chi connectivity index (χ2n) is 4.16. The molecule has 2 atom stereocenters. The van der Waals surface area contributed by atoms with Crippen molar-refractivity contribution in [1.82, 2.24) is 10.3 Å². The third kappa shape index (κ3) is 1.18.